The largest absolute Gasteiger partial charge is 0.382 e. The molecule has 1 N–H and O–H groups in total. The molecule has 1 aliphatic carbocycles. The molecule has 2 heterocycles. The average Bonchev–Trinajstić information content (AvgIpc) is 3.17. The van der Waals surface area contributed by atoms with Crippen LogP contribution in [0.4, 0.5) is 4.79 Å². The van der Waals surface area contributed by atoms with E-state index in [0.29, 0.717) is 5.92 Å². The van der Waals surface area contributed by atoms with Crippen molar-refractivity contribution in [2.45, 2.75) is 50.6 Å². The average molecular weight is 323 g/mol. The van der Waals surface area contributed by atoms with Crippen LogP contribution in [0, 0.1) is 0 Å². The molecule has 1 atom stereocenters. The fourth-order valence-corrected chi connectivity index (χ4v) is 4.18. The van der Waals surface area contributed by atoms with E-state index in [9.17, 15) is 9.59 Å². The van der Waals surface area contributed by atoms with Gasteiger partial charge in [-0.25, -0.2) is 9.78 Å². The highest BCUT2D eigenvalue weighted by molar-refractivity contribution is 7.09. The molecule has 1 unspecified atom stereocenters. The van der Waals surface area contributed by atoms with Gasteiger partial charge in [-0.3, -0.25) is 9.69 Å². The minimum atomic E-state index is -0.976. The molecule has 1 saturated carbocycles. The third-order valence-corrected chi connectivity index (χ3v) is 5.43. The minimum Gasteiger partial charge on any atom is -0.382 e. The van der Waals surface area contributed by atoms with E-state index in [1.165, 1.54) is 37.7 Å². The van der Waals surface area contributed by atoms with Crippen LogP contribution in [0.25, 0.3) is 0 Å². The van der Waals surface area contributed by atoms with Gasteiger partial charge in [-0.2, -0.15) is 0 Å². The van der Waals surface area contributed by atoms with Gasteiger partial charge in [0.05, 0.1) is 23.9 Å². The normalized spacial score (nSPS) is 26.0. The number of rotatable bonds is 5. The number of hydrogen-bond acceptors (Lipinski definition) is 5. The summed E-state index contributed by atoms with van der Waals surface area (Å²) in [4.78, 5) is 30.4. The number of thiazole rings is 1. The number of imide groups is 1. The van der Waals surface area contributed by atoms with Crippen molar-refractivity contribution in [2.75, 3.05) is 13.7 Å². The Balaban J connectivity index is 1.70. The molecule has 1 saturated heterocycles. The van der Waals surface area contributed by atoms with Crippen LogP contribution in [0.3, 0.4) is 0 Å². The first-order valence-electron chi connectivity index (χ1n) is 7.61. The van der Waals surface area contributed by atoms with Gasteiger partial charge in [0.15, 0.2) is 0 Å². The Morgan fingerprint density at radius 2 is 2.18 bits per heavy atom. The van der Waals surface area contributed by atoms with E-state index in [1.807, 2.05) is 5.38 Å². The van der Waals surface area contributed by atoms with E-state index in [0.717, 1.165) is 10.7 Å². The number of ether oxygens (including phenoxy) is 1. The predicted octanol–water partition coefficient (Wildman–Crippen LogP) is 2.26. The molecule has 22 heavy (non-hydrogen) atoms. The van der Waals surface area contributed by atoms with Crippen LogP contribution >= 0.6 is 11.3 Å². The van der Waals surface area contributed by atoms with Crippen LogP contribution in [0.1, 0.15) is 49.2 Å². The van der Waals surface area contributed by atoms with Gasteiger partial charge in [-0.15, -0.1) is 11.3 Å². The Morgan fingerprint density at radius 3 is 2.86 bits per heavy atom. The molecule has 1 aromatic heterocycles. The van der Waals surface area contributed by atoms with Crippen molar-refractivity contribution in [3.05, 3.63) is 16.1 Å². The molecule has 0 radical (unpaired) electrons. The third kappa shape index (κ3) is 2.75. The fourth-order valence-electron chi connectivity index (χ4n) is 3.19. The van der Waals surface area contributed by atoms with Crippen molar-refractivity contribution in [3.8, 4) is 0 Å². The molecule has 3 amide bonds. The summed E-state index contributed by atoms with van der Waals surface area (Å²) in [6.45, 7) is 2.08. The molecule has 7 heteroatoms. The molecule has 0 spiro atoms. The standard InChI is InChI=1S/C15H21N3O3S/c1-15(9-21-2)13(19)18(14(20)17-15)7-11-8-22-12(16-11)10-5-3-4-6-10/h8,10H,3-7,9H2,1-2H3,(H,17,20). The van der Waals surface area contributed by atoms with Crippen LogP contribution < -0.4 is 5.32 Å². The number of aromatic nitrogens is 1. The summed E-state index contributed by atoms with van der Waals surface area (Å²) in [5.41, 5.74) is -0.187. The van der Waals surface area contributed by atoms with Crippen molar-refractivity contribution in [3.63, 3.8) is 0 Å². The van der Waals surface area contributed by atoms with E-state index in [1.54, 1.807) is 18.3 Å². The third-order valence-electron chi connectivity index (χ3n) is 4.37. The summed E-state index contributed by atoms with van der Waals surface area (Å²) in [6, 6.07) is -0.375. The maximum Gasteiger partial charge on any atom is 0.325 e. The number of nitrogens with one attached hydrogen (secondary N) is 1. The molecule has 2 aliphatic rings. The zero-order valence-electron chi connectivity index (χ0n) is 12.9. The fraction of sp³-hybridized carbons (Fsp3) is 0.667. The number of carbonyl (C=O) groups excluding carboxylic acids is 2. The molecule has 1 aromatic rings. The smallest absolute Gasteiger partial charge is 0.325 e. The van der Waals surface area contributed by atoms with Crippen molar-refractivity contribution in [2.24, 2.45) is 0 Å². The highest BCUT2D eigenvalue weighted by Crippen LogP contribution is 2.35. The van der Waals surface area contributed by atoms with Gasteiger partial charge in [-0.05, 0) is 19.8 Å². The maximum absolute atomic E-state index is 12.4. The first-order chi connectivity index (χ1) is 10.5. The summed E-state index contributed by atoms with van der Waals surface area (Å²) in [7, 11) is 1.52. The summed E-state index contributed by atoms with van der Waals surface area (Å²) >= 11 is 1.64. The van der Waals surface area contributed by atoms with Gasteiger partial charge in [0, 0.05) is 18.4 Å². The van der Waals surface area contributed by atoms with Crippen LogP contribution in [0.15, 0.2) is 5.38 Å². The molecule has 3 rings (SSSR count). The van der Waals surface area contributed by atoms with Crippen LogP contribution in [0.5, 0.6) is 0 Å². The number of hydrogen-bond donors (Lipinski definition) is 1. The zero-order valence-corrected chi connectivity index (χ0v) is 13.7. The number of nitrogens with zero attached hydrogens (tertiary/aromatic N) is 2. The van der Waals surface area contributed by atoms with E-state index >= 15 is 0 Å². The lowest BCUT2D eigenvalue weighted by Crippen LogP contribution is -2.47. The molecule has 0 aromatic carbocycles. The van der Waals surface area contributed by atoms with Gasteiger partial charge >= 0.3 is 6.03 Å². The Morgan fingerprint density at radius 1 is 1.45 bits per heavy atom. The van der Waals surface area contributed by atoms with Gasteiger partial charge in [0.2, 0.25) is 0 Å². The van der Waals surface area contributed by atoms with Crippen LogP contribution in [-0.2, 0) is 16.1 Å². The topological polar surface area (TPSA) is 71.5 Å². The highest BCUT2D eigenvalue weighted by Gasteiger charge is 2.48. The lowest BCUT2D eigenvalue weighted by molar-refractivity contribution is -0.132. The number of carbonyl (C=O) groups is 2. The summed E-state index contributed by atoms with van der Waals surface area (Å²) in [5, 5.41) is 5.80. The second kappa shape index (κ2) is 5.96. The molecule has 6 nitrogen and oxygen atoms in total. The van der Waals surface area contributed by atoms with E-state index in [2.05, 4.69) is 10.3 Å². The van der Waals surface area contributed by atoms with Gasteiger partial charge in [0.1, 0.15) is 5.54 Å². The zero-order chi connectivity index (χ0) is 15.7. The van der Waals surface area contributed by atoms with Gasteiger partial charge < -0.3 is 10.1 Å². The SMILES string of the molecule is COCC1(C)NC(=O)N(Cc2csc(C3CCCC3)n2)C1=O. The minimum absolute atomic E-state index is 0.165. The van der Waals surface area contributed by atoms with Crippen molar-refractivity contribution < 1.29 is 14.3 Å². The number of methoxy groups -OCH3 is 1. The molecule has 0 bridgehead atoms. The van der Waals surface area contributed by atoms with Crippen molar-refractivity contribution >= 4 is 23.3 Å². The number of urea groups is 1. The summed E-state index contributed by atoms with van der Waals surface area (Å²) < 4.78 is 5.04. The Kier molecular flexibility index (Phi) is 4.18. The molecule has 120 valence electrons. The molecular formula is C15H21N3O3S. The lowest BCUT2D eigenvalue weighted by atomic mass is 10.0. The van der Waals surface area contributed by atoms with Gasteiger partial charge in [0.25, 0.3) is 5.91 Å². The van der Waals surface area contributed by atoms with E-state index < -0.39 is 5.54 Å². The quantitative estimate of drug-likeness (QED) is 0.844. The Bertz CT molecular complexity index is 582. The maximum atomic E-state index is 12.4. The summed E-state index contributed by atoms with van der Waals surface area (Å²) in [6.07, 6.45) is 4.92. The Labute approximate surface area is 133 Å². The van der Waals surface area contributed by atoms with Crippen LogP contribution in [-0.4, -0.2) is 41.1 Å². The second-order valence-corrected chi connectivity index (χ2v) is 7.13. The molecule has 1 aliphatic heterocycles. The lowest BCUT2D eigenvalue weighted by Gasteiger charge is -2.20. The summed E-state index contributed by atoms with van der Waals surface area (Å²) in [5.74, 6) is 0.301. The number of amides is 3. The highest BCUT2D eigenvalue weighted by atomic mass is 32.1. The molecule has 2 fully saturated rings. The van der Waals surface area contributed by atoms with Gasteiger partial charge in [-0.1, -0.05) is 12.8 Å². The van der Waals surface area contributed by atoms with Crippen molar-refractivity contribution in [1.82, 2.24) is 15.2 Å². The predicted molar refractivity (Wildman–Crippen MR) is 82.7 cm³/mol. The second-order valence-electron chi connectivity index (χ2n) is 6.25. The monoisotopic (exact) mass is 323 g/mol. The first kappa shape index (κ1) is 15.4. The Hall–Kier alpha value is -1.47. The molecular weight excluding hydrogens is 302 g/mol. The van der Waals surface area contributed by atoms with Crippen molar-refractivity contribution in [1.29, 1.82) is 0 Å². The van der Waals surface area contributed by atoms with Crippen LogP contribution in [0.2, 0.25) is 0 Å². The van der Waals surface area contributed by atoms with E-state index in [-0.39, 0.29) is 25.1 Å². The first-order valence-corrected chi connectivity index (χ1v) is 8.49. The van der Waals surface area contributed by atoms with E-state index in [4.69, 9.17) is 4.74 Å².